The van der Waals surface area contributed by atoms with Crippen LogP contribution < -0.4 is 10.1 Å². The van der Waals surface area contributed by atoms with Crippen molar-refractivity contribution in [3.63, 3.8) is 0 Å². The molecule has 6 heteroatoms. The minimum Gasteiger partial charge on any atom is -0.457 e. The smallest absolute Gasteiger partial charge is 0.226 e. The molecule has 0 saturated heterocycles. The van der Waals surface area contributed by atoms with Crippen molar-refractivity contribution in [2.75, 3.05) is 5.32 Å². The van der Waals surface area contributed by atoms with Gasteiger partial charge in [-0.3, -0.25) is 4.79 Å². The summed E-state index contributed by atoms with van der Waals surface area (Å²) < 4.78 is 7.82. The molecule has 2 unspecified atom stereocenters. The molecule has 1 aromatic heterocycles. The summed E-state index contributed by atoms with van der Waals surface area (Å²) in [5.74, 6) is 2.04. The molecule has 29 heavy (non-hydrogen) atoms. The zero-order valence-electron chi connectivity index (χ0n) is 16.4. The van der Waals surface area contributed by atoms with Crippen molar-refractivity contribution in [2.24, 2.45) is 11.3 Å². The molecule has 0 amide bonds. The van der Waals surface area contributed by atoms with E-state index in [4.69, 9.17) is 4.74 Å². The SMILES string of the molecule is CC1(C)C=C2Nc3ncnn3C(c3cccc(Oc4ccccc4)c3)C2C(=O)C1. The first-order valence-electron chi connectivity index (χ1n) is 9.75. The van der Waals surface area contributed by atoms with Crippen LogP contribution in [0.3, 0.4) is 0 Å². The summed E-state index contributed by atoms with van der Waals surface area (Å²) in [6.45, 7) is 4.16. The fourth-order valence-electron chi connectivity index (χ4n) is 4.29. The molecule has 2 heterocycles. The van der Waals surface area contributed by atoms with Gasteiger partial charge in [0.25, 0.3) is 0 Å². The third-order valence-electron chi connectivity index (χ3n) is 5.44. The highest BCUT2D eigenvalue weighted by molar-refractivity contribution is 5.88. The lowest BCUT2D eigenvalue weighted by Crippen LogP contribution is -2.42. The zero-order chi connectivity index (χ0) is 20.0. The summed E-state index contributed by atoms with van der Waals surface area (Å²) in [7, 11) is 0. The van der Waals surface area contributed by atoms with E-state index in [1.54, 1.807) is 4.68 Å². The first-order chi connectivity index (χ1) is 14.0. The highest BCUT2D eigenvalue weighted by atomic mass is 16.5. The molecule has 5 rings (SSSR count). The standard InChI is InChI=1S/C23H22N4O2/c1-23(2)12-18-20(19(28)13-23)21(27-22(26-18)24-14-25-27)15-7-6-10-17(11-15)29-16-8-4-3-5-9-16/h3-12,14,20-21H,13H2,1-2H3,(H,24,25,26). The molecule has 2 aromatic carbocycles. The number of nitrogens with one attached hydrogen (secondary N) is 1. The number of fused-ring (bicyclic) bond motifs is 2. The van der Waals surface area contributed by atoms with Crippen LogP contribution >= 0.6 is 0 Å². The van der Waals surface area contributed by atoms with Gasteiger partial charge in [0, 0.05) is 12.1 Å². The molecule has 0 spiro atoms. The number of hydrogen-bond donors (Lipinski definition) is 1. The molecule has 3 aromatic rings. The number of carbonyl (C=O) groups is 1. The van der Waals surface area contributed by atoms with Crippen molar-refractivity contribution < 1.29 is 9.53 Å². The van der Waals surface area contributed by atoms with E-state index in [0.717, 1.165) is 22.8 Å². The predicted molar refractivity (Wildman–Crippen MR) is 110 cm³/mol. The van der Waals surface area contributed by atoms with E-state index in [-0.39, 0.29) is 23.2 Å². The molecule has 0 fully saturated rings. The van der Waals surface area contributed by atoms with Crippen molar-refractivity contribution in [1.82, 2.24) is 14.8 Å². The second-order valence-electron chi connectivity index (χ2n) is 8.29. The van der Waals surface area contributed by atoms with Crippen LogP contribution in [0.4, 0.5) is 5.95 Å². The van der Waals surface area contributed by atoms with Gasteiger partial charge in [-0.05, 0) is 35.2 Å². The van der Waals surface area contributed by atoms with Crippen LogP contribution in [0.15, 0.2) is 72.7 Å². The number of hydrogen-bond acceptors (Lipinski definition) is 5. The Labute approximate surface area is 169 Å². The number of para-hydroxylation sites is 1. The third-order valence-corrected chi connectivity index (χ3v) is 5.44. The molecule has 0 radical (unpaired) electrons. The Bertz CT molecular complexity index is 1100. The molecule has 2 aliphatic rings. The maximum absolute atomic E-state index is 13.2. The number of Topliss-reactive ketones (excluding diaryl/α,β-unsaturated/α-hetero) is 1. The summed E-state index contributed by atoms with van der Waals surface area (Å²) in [6, 6.07) is 17.3. The summed E-state index contributed by atoms with van der Waals surface area (Å²) in [6.07, 6.45) is 4.19. The second kappa shape index (κ2) is 6.58. The van der Waals surface area contributed by atoms with Crippen LogP contribution in [-0.2, 0) is 4.79 Å². The van der Waals surface area contributed by atoms with E-state index >= 15 is 0 Å². The lowest BCUT2D eigenvalue weighted by atomic mass is 9.72. The van der Waals surface area contributed by atoms with Crippen LogP contribution in [0.1, 0.15) is 31.9 Å². The number of ether oxygens (including phenoxy) is 1. The number of ketones is 1. The van der Waals surface area contributed by atoms with Gasteiger partial charge in [0.05, 0.1) is 12.0 Å². The van der Waals surface area contributed by atoms with E-state index in [1.807, 2.05) is 54.6 Å². The largest absolute Gasteiger partial charge is 0.457 e. The average Bonchev–Trinajstić information content (AvgIpc) is 3.14. The molecule has 1 aliphatic carbocycles. The van der Waals surface area contributed by atoms with Gasteiger partial charge < -0.3 is 10.1 Å². The maximum atomic E-state index is 13.2. The quantitative estimate of drug-likeness (QED) is 0.713. The number of benzene rings is 2. The van der Waals surface area contributed by atoms with Gasteiger partial charge in [0.15, 0.2) is 0 Å². The maximum Gasteiger partial charge on any atom is 0.226 e. The van der Waals surface area contributed by atoms with Crippen LogP contribution in [0.2, 0.25) is 0 Å². The minimum absolute atomic E-state index is 0.180. The van der Waals surface area contributed by atoms with Crippen molar-refractivity contribution in [3.8, 4) is 11.5 Å². The Morgan fingerprint density at radius 1 is 1.10 bits per heavy atom. The van der Waals surface area contributed by atoms with Gasteiger partial charge in [-0.2, -0.15) is 10.1 Å². The van der Waals surface area contributed by atoms with Crippen LogP contribution in [0.5, 0.6) is 11.5 Å². The van der Waals surface area contributed by atoms with E-state index in [2.05, 4.69) is 35.3 Å². The molecule has 2 atom stereocenters. The van der Waals surface area contributed by atoms with Crippen molar-refractivity contribution in [2.45, 2.75) is 26.3 Å². The molecule has 1 aliphatic heterocycles. The Hall–Kier alpha value is -3.41. The average molecular weight is 386 g/mol. The molecular formula is C23H22N4O2. The van der Waals surface area contributed by atoms with E-state index in [9.17, 15) is 4.79 Å². The Morgan fingerprint density at radius 3 is 2.72 bits per heavy atom. The Morgan fingerprint density at radius 2 is 1.90 bits per heavy atom. The van der Waals surface area contributed by atoms with Crippen molar-refractivity contribution >= 4 is 11.7 Å². The normalized spacial score (nSPS) is 22.1. The number of allylic oxidation sites excluding steroid dienone is 2. The molecule has 6 nitrogen and oxygen atoms in total. The summed E-state index contributed by atoms with van der Waals surface area (Å²) in [4.78, 5) is 17.5. The van der Waals surface area contributed by atoms with Gasteiger partial charge in [-0.15, -0.1) is 0 Å². The van der Waals surface area contributed by atoms with E-state index in [1.165, 1.54) is 6.33 Å². The lowest BCUT2D eigenvalue weighted by molar-refractivity contribution is -0.125. The topological polar surface area (TPSA) is 69.0 Å². The number of anilines is 1. The third kappa shape index (κ3) is 3.20. The molecule has 0 saturated carbocycles. The van der Waals surface area contributed by atoms with Gasteiger partial charge in [0.2, 0.25) is 5.95 Å². The van der Waals surface area contributed by atoms with Crippen LogP contribution in [-0.4, -0.2) is 20.5 Å². The molecule has 0 bridgehead atoms. The van der Waals surface area contributed by atoms with Crippen LogP contribution in [0.25, 0.3) is 0 Å². The molecular weight excluding hydrogens is 364 g/mol. The summed E-state index contributed by atoms with van der Waals surface area (Å²) in [5.41, 5.74) is 1.70. The van der Waals surface area contributed by atoms with Crippen LogP contribution in [0, 0.1) is 11.3 Å². The van der Waals surface area contributed by atoms with E-state index < -0.39 is 0 Å². The highest BCUT2D eigenvalue weighted by Crippen LogP contribution is 2.45. The van der Waals surface area contributed by atoms with Gasteiger partial charge in [-0.1, -0.05) is 50.3 Å². The highest BCUT2D eigenvalue weighted by Gasteiger charge is 2.44. The molecule has 146 valence electrons. The lowest BCUT2D eigenvalue weighted by Gasteiger charge is -2.40. The van der Waals surface area contributed by atoms with Crippen molar-refractivity contribution in [1.29, 1.82) is 0 Å². The first-order valence-corrected chi connectivity index (χ1v) is 9.75. The predicted octanol–water partition coefficient (Wildman–Crippen LogP) is 4.58. The van der Waals surface area contributed by atoms with Gasteiger partial charge in [-0.25, -0.2) is 4.68 Å². The van der Waals surface area contributed by atoms with Crippen molar-refractivity contribution in [3.05, 3.63) is 78.3 Å². The Kier molecular flexibility index (Phi) is 4.01. The summed E-state index contributed by atoms with van der Waals surface area (Å²) in [5, 5.41) is 7.73. The molecule has 1 N–H and O–H groups in total. The monoisotopic (exact) mass is 386 g/mol. The van der Waals surface area contributed by atoms with E-state index in [0.29, 0.717) is 12.4 Å². The minimum atomic E-state index is -0.316. The van der Waals surface area contributed by atoms with Gasteiger partial charge in [0.1, 0.15) is 23.6 Å². The summed E-state index contributed by atoms with van der Waals surface area (Å²) >= 11 is 0. The fourth-order valence-corrected chi connectivity index (χ4v) is 4.29. The number of aromatic nitrogens is 3. The number of nitrogens with zero attached hydrogens (tertiary/aromatic N) is 3. The zero-order valence-corrected chi connectivity index (χ0v) is 16.4. The Balaban J connectivity index is 1.58. The first kappa shape index (κ1) is 17.7. The number of carbonyl (C=O) groups excluding carboxylic acids is 1. The van der Waals surface area contributed by atoms with Gasteiger partial charge >= 0.3 is 0 Å². The fraction of sp³-hybridized carbons (Fsp3) is 0.261. The second-order valence-corrected chi connectivity index (χ2v) is 8.29. The number of rotatable bonds is 3.